The Morgan fingerprint density at radius 3 is 2.55 bits per heavy atom. The molecule has 3 nitrogen and oxygen atoms in total. The van der Waals surface area contributed by atoms with E-state index in [1.807, 2.05) is 6.92 Å². The molecule has 0 heterocycles. The van der Waals surface area contributed by atoms with Gasteiger partial charge < -0.3 is 9.84 Å². The molecule has 0 aliphatic rings. The van der Waals surface area contributed by atoms with Crippen LogP contribution in [0.15, 0.2) is 10.8 Å². The number of halogens is 1. The molecule has 0 fully saturated rings. The molecule has 0 radical (unpaired) electrons. The molecule has 0 saturated heterocycles. The predicted molar refractivity (Wildman–Crippen MR) is 42.4 cm³/mol. The number of hydrogen-bond donors (Lipinski definition) is 1. The van der Waals surface area contributed by atoms with Crippen LogP contribution in [0.1, 0.15) is 20.3 Å². The third-order valence-electron chi connectivity index (χ3n) is 0.957. The van der Waals surface area contributed by atoms with Gasteiger partial charge in [-0.25, -0.2) is 4.79 Å². The van der Waals surface area contributed by atoms with Crippen LogP contribution in [0.5, 0.6) is 0 Å². The molecule has 0 atom stereocenters. The second-order valence-electron chi connectivity index (χ2n) is 2.02. The topological polar surface area (TPSA) is 46.5 Å². The first-order chi connectivity index (χ1) is 5.09. The summed E-state index contributed by atoms with van der Waals surface area (Å²) in [4.78, 5) is 10.7. The van der Waals surface area contributed by atoms with Gasteiger partial charge in [-0.15, -0.1) is 0 Å². The maximum atomic E-state index is 10.7. The number of rotatable bonds is 3. The van der Waals surface area contributed by atoms with Crippen molar-refractivity contribution in [2.45, 2.75) is 20.3 Å². The average Bonchev–Trinajstić information content (AvgIpc) is 1.98. The van der Waals surface area contributed by atoms with E-state index < -0.39 is 11.7 Å². The summed E-state index contributed by atoms with van der Waals surface area (Å²) >= 11 is 5.33. The molecule has 0 unspecified atom stereocenters. The van der Waals surface area contributed by atoms with Crippen LogP contribution < -0.4 is 0 Å². The summed E-state index contributed by atoms with van der Waals surface area (Å²) in [5, 5.41) is 8.94. The SMILES string of the molecule is CCCOC(=O)C(O)=C(C)Cl. The first kappa shape index (κ1) is 10.3. The van der Waals surface area contributed by atoms with E-state index >= 15 is 0 Å². The minimum Gasteiger partial charge on any atom is -0.501 e. The van der Waals surface area contributed by atoms with Gasteiger partial charge in [-0.3, -0.25) is 0 Å². The molecule has 0 bridgehead atoms. The number of carbonyl (C=O) groups excluding carboxylic acids is 1. The quantitative estimate of drug-likeness (QED) is 0.408. The van der Waals surface area contributed by atoms with Crippen LogP contribution in [0.2, 0.25) is 0 Å². The van der Waals surface area contributed by atoms with Crippen molar-refractivity contribution in [1.29, 1.82) is 0 Å². The van der Waals surface area contributed by atoms with Gasteiger partial charge in [-0.05, 0) is 13.3 Å². The van der Waals surface area contributed by atoms with Gasteiger partial charge in [0.2, 0.25) is 5.76 Å². The van der Waals surface area contributed by atoms with Gasteiger partial charge in [-0.1, -0.05) is 18.5 Å². The highest BCUT2D eigenvalue weighted by atomic mass is 35.5. The molecule has 1 N–H and O–H groups in total. The molecule has 0 spiro atoms. The van der Waals surface area contributed by atoms with Gasteiger partial charge in [-0.2, -0.15) is 0 Å². The Bertz CT molecular complexity index is 171. The van der Waals surface area contributed by atoms with E-state index in [4.69, 9.17) is 16.7 Å². The van der Waals surface area contributed by atoms with Crippen molar-refractivity contribution >= 4 is 17.6 Å². The molecule has 0 saturated carbocycles. The number of hydrogen-bond acceptors (Lipinski definition) is 3. The fourth-order valence-corrected chi connectivity index (χ4v) is 0.481. The lowest BCUT2D eigenvalue weighted by atomic mass is 10.4. The van der Waals surface area contributed by atoms with E-state index in [2.05, 4.69) is 4.74 Å². The van der Waals surface area contributed by atoms with Gasteiger partial charge in [0, 0.05) is 0 Å². The van der Waals surface area contributed by atoms with Crippen molar-refractivity contribution in [2.24, 2.45) is 0 Å². The number of aliphatic hydroxyl groups excluding tert-OH is 1. The minimum absolute atomic E-state index is 0.0473. The molecular formula is C7H11ClO3. The molecule has 4 heteroatoms. The smallest absolute Gasteiger partial charge is 0.374 e. The van der Waals surface area contributed by atoms with Crippen LogP contribution in [0.4, 0.5) is 0 Å². The van der Waals surface area contributed by atoms with E-state index in [0.717, 1.165) is 6.42 Å². The van der Waals surface area contributed by atoms with Gasteiger partial charge in [0.15, 0.2) is 0 Å². The van der Waals surface area contributed by atoms with Crippen molar-refractivity contribution < 1.29 is 14.6 Å². The van der Waals surface area contributed by atoms with Gasteiger partial charge in [0.1, 0.15) is 0 Å². The number of carbonyl (C=O) groups is 1. The van der Waals surface area contributed by atoms with Crippen LogP contribution in [-0.2, 0) is 9.53 Å². The maximum Gasteiger partial charge on any atom is 0.374 e. The van der Waals surface area contributed by atoms with E-state index in [-0.39, 0.29) is 5.03 Å². The Balaban J connectivity index is 3.95. The molecule has 64 valence electrons. The summed E-state index contributed by atoms with van der Waals surface area (Å²) in [6.07, 6.45) is 0.723. The van der Waals surface area contributed by atoms with Gasteiger partial charge in [0.05, 0.1) is 11.6 Å². The highest BCUT2D eigenvalue weighted by Crippen LogP contribution is 2.06. The molecular weight excluding hydrogens is 168 g/mol. The first-order valence-electron chi connectivity index (χ1n) is 3.32. The van der Waals surface area contributed by atoms with Crippen molar-refractivity contribution in [1.82, 2.24) is 0 Å². The maximum absolute atomic E-state index is 10.7. The summed E-state index contributed by atoms with van der Waals surface area (Å²) in [5.74, 6) is -1.28. The highest BCUT2D eigenvalue weighted by Gasteiger charge is 2.10. The van der Waals surface area contributed by atoms with E-state index in [9.17, 15) is 4.79 Å². The van der Waals surface area contributed by atoms with Crippen LogP contribution in [0, 0.1) is 0 Å². The second kappa shape index (κ2) is 5.02. The Morgan fingerprint density at radius 2 is 2.18 bits per heavy atom. The normalized spacial score (nSPS) is 12.3. The highest BCUT2D eigenvalue weighted by molar-refractivity contribution is 6.30. The lowest BCUT2D eigenvalue weighted by Crippen LogP contribution is -2.08. The molecule has 0 rings (SSSR count). The fraction of sp³-hybridized carbons (Fsp3) is 0.571. The zero-order valence-electron chi connectivity index (χ0n) is 6.56. The van der Waals surface area contributed by atoms with E-state index in [0.29, 0.717) is 6.61 Å². The molecule has 0 aromatic rings. The standard InChI is InChI=1S/C7H11ClO3/c1-3-4-11-7(10)6(9)5(2)8/h9H,3-4H2,1-2H3. The average molecular weight is 179 g/mol. The third kappa shape index (κ3) is 3.88. The lowest BCUT2D eigenvalue weighted by Gasteiger charge is -2.01. The predicted octanol–water partition coefficient (Wildman–Crippen LogP) is 1.97. The second-order valence-corrected chi connectivity index (χ2v) is 2.58. The lowest BCUT2D eigenvalue weighted by molar-refractivity contribution is -0.142. The van der Waals surface area contributed by atoms with Crippen LogP contribution in [-0.4, -0.2) is 17.7 Å². The van der Waals surface area contributed by atoms with Crippen molar-refractivity contribution in [3.8, 4) is 0 Å². The zero-order chi connectivity index (χ0) is 8.85. The monoisotopic (exact) mass is 178 g/mol. The molecule has 0 aliphatic carbocycles. The largest absolute Gasteiger partial charge is 0.501 e. The first-order valence-corrected chi connectivity index (χ1v) is 3.69. The summed E-state index contributed by atoms with van der Waals surface area (Å²) in [5.41, 5.74) is 0. The number of allylic oxidation sites excluding steroid dienone is 1. The number of aliphatic hydroxyl groups is 1. The Labute approximate surface area is 70.6 Å². The Kier molecular flexibility index (Phi) is 4.70. The van der Waals surface area contributed by atoms with Crippen molar-refractivity contribution in [3.05, 3.63) is 10.8 Å². The summed E-state index contributed by atoms with van der Waals surface area (Å²) in [7, 11) is 0. The summed E-state index contributed by atoms with van der Waals surface area (Å²) in [6.45, 7) is 3.58. The zero-order valence-corrected chi connectivity index (χ0v) is 7.31. The Morgan fingerprint density at radius 1 is 1.64 bits per heavy atom. The van der Waals surface area contributed by atoms with Crippen LogP contribution >= 0.6 is 11.6 Å². The van der Waals surface area contributed by atoms with Crippen LogP contribution in [0.3, 0.4) is 0 Å². The van der Waals surface area contributed by atoms with E-state index in [1.165, 1.54) is 6.92 Å². The molecule has 11 heavy (non-hydrogen) atoms. The van der Waals surface area contributed by atoms with E-state index in [1.54, 1.807) is 0 Å². The number of esters is 1. The minimum atomic E-state index is -0.764. The van der Waals surface area contributed by atoms with Crippen molar-refractivity contribution in [3.63, 3.8) is 0 Å². The van der Waals surface area contributed by atoms with Gasteiger partial charge >= 0.3 is 5.97 Å². The van der Waals surface area contributed by atoms with Crippen molar-refractivity contribution in [2.75, 3.05) is 6.61 Å². The van der Waals surface area contributed by atoms with Gasteiger partial charge in [0.25, 0.3) is 0 Å². The van der Waals surface area contributed by atoms with Crippen LogP contribution in [0.25, 0.3) is 0 Å². The molecule has 0 aromatic carbocycles. The molecule has 0 amide bonds. The summed E-state index contributed by atoms with van der Waals surface area (Å²) in [6, 6.07) is 0. The fourth-order valence-electron chi connectivity index (χ4n) is 0.404. The number of ether oxygens (including phenoxy) is 1. The molecule has 0 aliphatic heterocycles. The molecule has 0 aromatic heterocycles. The summed E-state index contributed by atoms with van der Waals surface area (Å²) < 4.78 is 4.58. The third-order valence-corrected chi connectivity index (χ3v) is 1.14. The Hall–Kier alpha value is -0.700.